The molecule has 4 rings (SSSR count). The first-order valence-electron chi connectivity index (χ1n) is 10.9. The van der Waals surface area contributed by atoms with E-state index in [-0.39, 0.29) is 11.8 Å². The van der Waals surface area contributed by atoms with Gasteiger partial charge in [-0.05, 0) is 54.3 Å². The van der Waals surface area contributed by atoms with Crippen molar-refractivity contribution in [2.45, 2.75) is 32.2 Å². The fraction of sp³-hybridized carbons (Fsp3) is 0.231. The van der Waals surface area contributed by atoms with E-state index in [1.807, 2.05) is 83.9 Å². The largest absolute Gasteiger partial charge is 0.494 e. The first-order chi connectivity index (χ1) is 15.7. The van der Waals surface area contributed by atoms with E-state index in [1.165, 1.54) is 0 Å². The average molecular weight is 430 g/mol. The minimum Gasteiger partial charge on any atom is -0.494 e. The molecule has 0 aliphatic carbocycles. The molecule has 1 heterocycles. The van der Waals surface area contributed by atoms with Crippen LogP contribution in [-0.4, -0.2) is 18.4 Å². The van der Waals surface area contributed by atoms with Crippen LogP contribution < -0.4 is 20.5 Å². The smallest absolute Gasteiger partial charge is 0.238 e. The van der Waals surface area contributed by atoms with Gasteiger partial charge in [-0.1, -0.05) is 48.5 Å². The molecular formula is C26H27N3O3. The number of nitrogens with zero attached hydrogens (tertiary/aromatic N) is 1. The molecule has 0 atom stereocenters. The number of fused-ring (bicyclic) bond motifs is 1. The van der Waals surface area contributed by atoms with Crippen molar-refractivity contribution in [1.29, 1.82) is 0 Å². The maximum Gasteiger partial charge on any atom is 0.238 e. The summed E-state index contributed by atoms with van der Waals surface area (Å²) in [6.45, 7) is 1.03. The molecule has 0 saturated heterocycles. The number of hydrogen-bond donors (Lipinski definition) is 2. The predicted molar refractivity (Wildman–Crippen MR) is 125 cm³/mol. The van der Waals surface area contributed by atoms with Crippen LogP contribution in [0.3, 0.4) is 0 Å². The third kappa shape index (κ3) is 5.88. The minimum atomic E-state index is -0.0541. The van der Waals surface area contributed by atoms with Crippen LogP contribution >= 0.6 is 0 Å². The van der Waals surface area contributed by atoms with Crippen molar-refractivity contribution >= 4 is 23.2 Å². The summed E-state index contributed by atoms with van der Waals surface area (Å²) in [5.74, 6) is 0.755. The molecule has 0 saturated carbocycles. The molecule has 6 nitrogen and oxygen atoms in total. The summed E-state index contributed by atoms with van der Waals surface area (Å²) in [5.41, 5.74) is 7.01. The lowest BCUT2D eigenvalue weighted by atomic mass is 10.0. The number of benzene rings is 3. The van der Waals surface area contributed by atoms with Crippen LogP contribution in [-0.2, 0) is 22.6 Å². The third-order valence-corrected chi connectivity index (χ3v) is 5.30. The fourth-order valence-corrected chi connectivity index (χ4v) is 3.65. The number of ether oxygens (including phenoxy) is 1. The molecule has 3 aromatic carbocycles. The summed E-state index contributed by atoms with van der Waals surface area (Å²) >= 11 is 0. The molecule has 6 heteroatoms. The van der Waals surface area contributed by atoms with Crippen molar-refractivity contribution in [2.24, 2.45) is 0 Å². The van der Waals surface area contributed by atoms with Crippen molar-refractivity contribution < 1.29 is 14.3 Å². The number of para-hydroxylation sites is 1. The van der Waals surface area contributed by atoms with Crippen molar-refractivity contribution in [3.63, 3.8) is 0 Å². The molecule has 2 N–H and O–H groups in total. The fourth-order valence-electron chi connectivity index (χ4n) is 3.65. The molecule has 164 valence electrons. The summed E-state index contributed by atoms with van der Waals surface area (Å²) in [6.07, 6.45) is 2.18. The Hall–Kier alpha value is -3.80. The Kier molecular flexibility index (Phi) is 7.02. The average Bonchev–Trinajstić information content (AvgIpc) is 2.83. The zero-order valence-corrected chi connectivity index (χ0v) is 17.9. The highest BCUT2D eigenvalue weighted by molar-refractivity contribution is 5.94. The van der Waals surface area contributed by atoms with Gasteiger partial charge < -0.3 is 10.1 Å². The third-order valence-electron chi connectivity index (χ3n) is 5.30. The summed E-state index contributed by atoms with van der Waals surface area (Å²) in [4.78, 5) is 24.1. The highest BCUT2D eigenvalue weighted by atomic mass is 16.5. The van der Waals surface area contributed by atoms with Crippen LogP contribution in [0.2, 0.25) is 0 Å². The Morgan fingerprint density at radius 2 is 1.72 bits per heavy atom. The SMILES string of the molecule is O=C1CCc2cc(OCCCC(=O)NN(Cc3ccccc3)c3ccccc3)ccc2N1. The van der Waals surface area contributed by atoms with Gasteiger partial charge in [0.25, 0.3) is 0 Å². The van der Waals surface area contributed by atoms with Crippen LogP contribution in [0.25, 0.3) is 0 Å². The van der Waals surface area contributed by atoms with Gasteiger partial charge in [0.15, 0.2) is 0 Å². The molecule has 0 aromatic heterocycles. The second-order valence-electron chi connectivity index (χ2n) is 7.76. The summed E-state index contributed by atoms with van der Waals surface area (Å²) < 4.78 is 5.83. The summed E-state index contributed by atoms with van der Waals surface area (Å²) in [6, 6.07) is 25.6. The Bertz CT molecular complexity index is 1050. The molecule has 0 fully saturated rings. The van der Waals surface area contributed by atoms with E-state index in [9.17, 15) is 9.59 Å². The molecule has 1 aliphatic rings. The number of rotatable bonds is 9. The van der Waals surface area contributed by atoms with Gasteiger partial charge in [0.05, 0.1) is 18.8 Å². The number of amides is 2. The lowest BCUT2D eigenvalue weighted by Gasteiger charge is -2.25. The molecule has 32 heavy (non-hydrogen) atoms. The Labute approximate surface area is 188 Å². The van der Waals surface area contributed by atoms with Crippen LogP contribution in [0.1, 0.15) is 30.4 Å². The van der Waals surface area contributed by atoms with Crippen LogP contribution in [0.4, 0.5) is 11.4 Å². The number of carbonyl (C=O) groups excluding carboxylic acids is 2. The Morgan fingerprint density at radius 3 is 2.50 bits per heavy atom. The molecule has 0 radical (unpaired) electrons. The standard InChI is InChI=1S/C26H27N3O3/c30-25-16-13-21-18-23(14-15-24(21)27-25)32-17-7-12-26(31)28-29(22-10-5-2-6-11-22)19-20-8-3-1-4-9-20/h1-6,8-11,14-15,18H,7,12-13,16-17,19H2,(H,27,30)(H,28,31). The van der Waals surface area contributed by atoms with E-state index in [0.717, 1.165) is 34.7 Å². The highest BCUT2D eigenvalue weighted by Crippen LogP contribution is 2.26. The number of carbonyl (C=O) groups is 2. The number of hydrazine groups is 1. The van der Waals surface area contributed by atoms with Crippen molar-refractivity contribution in [2.75, 3.05) is 16.9 Å². The van der Waals surface area contributed by atoms with Gasteiger partial charge in [-0.3, -0.25) is 20.0 Å². The maximum atomic E-state index is 12.6. The van der Waals surface area contributed by atoms with Crippen LogP contribution in [0.15, 0.2) is 78.9 Å². The van der Waals surface area contributed by atoms with E-state index in [2.05, 4.69) is 10.7 Å². The van der Waals surface area contributed by atoms with Gasteiger partial charge in [0.1, 0.15) is 5.75 Å². The number of nitrogens with one attached hydrogen (secondary N) is 2. The normalized spacial score (nSPS) is 12.4. The Balaban J connectivity index is 1.27. The van der Waals surface area contributed by atoms with Crippen molar-refractivity contribution in [3.05, 3.63) is 90.0 Å². The Morgan fingerprint density at radius 1 is 0.969 bits per heavy atom. The van der Waals surface area contributed by atoms with Gasteiger partial charge in [-0.2, -0.15) is 0 Å². The van der Waals surface area contributed by atoms with Crippen molar-refractivity contribution in [3.8, 4) is 5.75 Å². The lowest BCUT2D eigenvalue weighted by Crippen LogP contribution is -2.42. The molecular weight excluding hydrogens is 402 g/mol. The van der Waals surface area contributed by atoms with Gasteiger partial charge in [0.2, 0.25) is 11.8 Å². The number of anilines is 2. The van der Waals surface area contributed by atoms with Crippen LogP contribution in [0, 0.1) is 0 Å². The predicted octanol–water partition coefficient (Wildman–Crippen LogP) is 4.47. The molecule has 0 spiro atoms. The molecule has 2 amide bonds. The monoisotopic (exact) mass is 429 g/mol. The van der Waals surface area contributed by atoms with Gasteiger partial charge in [0, 0.05) is 18.5 Å². The minimum absolute atomic E-state index is 0.0500. The summed E-state index contributed by atoms with van der Waals surface area (Å²) in [7, 11) is 0. The lowest BCUT2D eigenvalue weighted by molar-refractivity contribution is -0.121. The van der Waals surface area contributed by atoms with Gasteiger partial charge in [-0.25, -0.2) is 0 Å². The zero-order chi connectivity index (χ0) is 22.2. The number of aryl methyl sites for hydroxylation is 1. The number of hydrogen-bond acceptors (Lipinski definition) is 4. The first-order valence-corrected chi connectivity index (χ1v) is 10.9. The van der Waals surface area contributed by atoms with Crippen molar-refractivity contribution in [1.82, 2.24) is 5.43 Å². The van der Waals surface area contributed by atoms with E-state index in [4.69, 9.17) is 4.74 Å². The highest BCUT2D eigenvalue weighted by Gasteiger charge is 2.15. The molecule has 1 aliphatic heterocycles. The topological polar surface area (TPSA) is 70.7 Å². The molecule has 0 bridgehead atoms. The van der Waals surface area contributed by atoms with Crippen LogP contribution in [0.5, 0.6) is 5.75 Å². The second-order valence-corrected chi connectivity index (χ2v) is 7.76. The molecule has 0 unspecified atom stereocenters. The quantitative estimate of drug-likeness (QED) is 0.389. The molecule has 3 aromatic rings. The van der Waals surface area contributed by atoms with Gasteiger partial charge in [-0.15, -0.1) is 0 Å². The zero-order valence-electron chi connectivity index (χ0n) is 17.9. The van der Waals surface area contributed by atoms with E-state index in [0.29, 0.717) is 32.4 Å². The first kappa shape index (κ1) is 21.4. The van der Waals surface area contributed by atoms with E-state index < -0.39 is 0 Å². The summed E-state index contributed by atoms with van der Waals surface area (Å²) in [5, 5.41) is 4.74. The van der Waals surface area contributed by atoms with E-state index in [1.54, 1.807) is 0 Å². The second kappa shape index (κ2) is 10.5. The maximum absolute atomic E-state index is 12.6. The van der Waals surface area contributed by atoms with E-state index >= 15 is 0 Å². The van der Waals surface area contributed by atoms with Gasteiger partial charge >= 0.3 is 0 Å².